The number of nitrogens with zero attached hydrogens (tertiary/aromatic N) is 1. The molecule has 0 aliphatic heterocycles. The van der Waals surface area contributed by atoms with Crippen molar-refractivity contribution in [1.29, 1.82) is 0 Å². The molecular weight excluding hydrogens is 292 g/mol. The number of rotatable bonds is 7. The third-order valence-electron chi connectivity index (χ3n) is 5.81. The van der Waals surface area contributed by atoms with E-state index in [1.54, 1.807) is 0 Å². The minimum atomic E-state index is -0.777. The minimum absolute atomic E-state index is 0.0983. The number of amides is 1. The van der Waals surface area contributed by atoms with Crippen LogP contribution in [0.4, 0.5) is 0 Å². The molecule has 132 valence electrons. The van der Waals surface area contributed by atoms with Gasteiger partial charge in [-0.1, -0.05) is 20.8 Å². The second-order valence-electron chi connectivity index (χ2n) is 7.64. The van der Waals surface area contributed by atoms with Crippen molar-refractivity contribution in [3.8, 4) is 0 Å². The Balaban J connectivity index is 1.69. The van der Waals surface area contributed by atoms with Gasteiger partial charge in [0.25, 0.3) is 0 Å². The van der Waals surface area contributed by atoms with Gasteiger partial charge in [0, 0.05) is 18.0 Å². The topological polar surface area (TPSA) is 69.6 Å². The SMILES string of the molecule is CCN(CC(=O)O)C1CC(NC(=O)C2CCC(C(C)C)CC2)C1. The summed E-state index contributed by atoms with van der Waals surface area (Å²) >= 11 is 0. The average Bonchev–Trinajstić information content (AvgIpc) is 2.48. The Labute approximate surface area is 139 Å². The molecule has 0 bridgehead atoms. The average molecular weight is 324 g/mol. The van der Waals surface area contributed by atoms with Crippen LogP contribution in [-0.2, 0) is 9.59 Å². The quantitative estimate of drug-likeness (QED) is 0.755. The number of likely N-dealkylation sites (N-methyl/N-ethyl adjacent to an activating group) is 1. The summed E-state index contributed by atoms with van der Waals surface area (Å²) in [6.45, 7) is 7.38. The fourth-order valence-electron chi connectivity index (χ4n) is 4.04. The van der Waals surface area contributed by atoms with Crippen LogP contribution in [-0.4, -0.2) is 47.1 Å². The van der Waals surface area contributed by atoms with Gasteiger partial charge in [-0.15, -0.1) is 0 Å². The van der Waals surface area contributed by atoms with Gasteiger partial charge in [0.2, 0.25) is 5.91 Å². The van der Waals surface area contributed by atoms with Gasteiger partial charge in [-0.05, 0) is 56.9 Å². The molecule has 0 aromatic rings. The van der Waals surface area contributed by atoms with Gasteiger partial charge in [-0.2, -0.15) is 0 Å². The number of carboxylic acids is 1. The molecule has 2 aliphatic carbocycles. The molecule has 0 saturated heterocycles. The molecule has 5 nitrogen and oxygen atoms in total. The van der Waals surface area contributed by atoms with Crippen LogP contribution in [0.15, 0.2) is 0 Å². The largest absolute Gasteiger partial charge is 0.480 e. The van der Waals surface area contributed by atoms with Gasteiger partial charge in [0.15, 0.2) is 0 Å². The summed E-state index contributed by atoms with van der Waals surface area (Å²) in [4.78, 5) is 25.2. The van der Waals surface area contributed by atoms with Gasteiger partial charge < -0.3 is 10.4 Å². The molecule has 2 aliphatic rings. The zero-order chi connectivity index (χ0) is 17.0. The van der Waals surface area contributed by atoms with E-state index in [1.807, 2.05) is 11.8 Å². The van der Waals surface area contributed by atoms with Crippen LogP contribution >= 0.6 is 0 Å². The van der Waals surface area contributed by atoms with Crippen molar-refractivity contribution in [2.45, 2.75) is 71.4 Å². The lowest BCUT2D eigenvalue weighted by Crippen LogP contribution is -2.55. The van der Waals surface area contributed by atoms with Crippen LogP contribution in [0.1, 0.15) is 59.3 Å². The van der Waals surface area contributed by atoms with Crippen LogP contribution in [0.5, 0.6) is 0 Å². The number of hydrogen-bond acceptors (Lipinski definition) is 3. The summed E-state index contributed by atoms with van der Waals surface area (Å²) < 4.78 is 0. The highest BCUT2D eigenvalue weighted by atomic mass is 16.4. The van der Waals surface area contributed by atoms with Gasteiger partial charge in [-0.3, -0.25) is 14.5 Å². The van der Waals surface area contributed by atoms with E-state index in [9.17, 15) is 9.59 Å². The summed E-state index contributed by atoms with van der Waals surface area (Å²) in [6.07, 6.45) is 6.15. The lowest BCUT2D eigenvalue weighted by molar-refractivity contribution is -0.140. The third-order valence-corrected chi connectivity index (χ3v) is 5.81. The first-order valence-electron chi connectivity index (χ1n) is 9.16. The Bertz CT molecular complexity index is 410. The van der Waals surface area contributed by atoms with E-state index in [2.05, 4.69) is 19.2 Å². The molecule has 0 spiro atoms. The van der Waals surface area contributed by atoms with E-state index in [1.165, 1.54) is 12.8 Å². The zero-order valence-electron chi connectivity index (χ0n) is 14.8. The summed E-state index contributed by atoms with van der Waals surface area (Å²) in [6, 6.07) is 0.538. The van der Waals surface area contributed by atoms with E-state index in [4.69, 9.17) is 5.11 Å². The molecular formula is C18H32N2O3. The van der Waals surface area contributed by atoms with E-state index >= 15 is 0 Å². The number of carbonyl (C=O) groups is 2. The van der Waals surface area contributed by atoms with Crippen molar-refractivity contribution in [3.05, 3.63) is 0 Å². The Kier molecular flexibility index (Phi) is 6.45. The number of nitrogens with one attached hydrogen (secondary N) is 1. The summed E-state index contributed by atoms with van der Waals surface area (Å²) in [7, 11) is 0. The highest BCUT2D eigenvalue weighted by molar-refractivity contribution is 5.79. The predicted octanol–water partition coefficient (Wildman–Crippen LogP) is 2.50. The van der Waals surface area contributed by atoms with Crippen LogP contribution in [0.25, 0.3) is 0 Å². The number of aliphatic carboxylic acids is 1. The maximum atomic E-state index is 12.4. The van der Waals surface area contributed by atoms with Crippen molar-refractivity contribution < 1.29 is 14.7 Å². The van der Waals surface area contributed by atoms with Crippen LogP contribution in [0.3, 0.4) is 0 Å². The molecule has 2 saturated carbocycles. The molecule has 5 heteroatoms. The Hall–Kier alpha value is -1.10. The van der Waals surface area contributed by atoms with Gasteiger partial charge in [0.1, 0.15) is 0 Å². The van der Waals surface area contributed by atoms with Crippen molar-refractivity contribution in [1.82, 2.24) is 10.2 Å². The van der Waals surface area contributed by atoms with Crippen molar-refractivity contribution >= 4 is 11.9 Å². The lowest BCUT2D eigenvalue weighted by atomic mass is 9.76. The molecule has 1 amide bonds. The van der Waals surface area contributed by atoms with Crippen molar-refractivity contribution in [2.75, 3.05) is 13.1 Å². The molecule has 0 aromatic carbocycles. The summed E-state index contributed by atoms with van der Waals surface area (Å²) in [5.74, 6) is 1.13. The molecule has 0 unspecified atom stereocenters. The molecule has 2 rings (SSSR count). The fraction of sp³-hybridized carbons (Fsp3) is 0.889. The zero-order valence-corrected chi connectivity index (χ0v) is 14.8. The molecule has 2 N–H and O–H groups in total. The first kappa shape index (κ1) is 18.2. The van der Waals surface area contributed by atoms with E-state index in [0.29, 0.717) is 6.04 Å². The summed E-state index contributed by atoms with van der Waals surface area (Å²) in [5.41, 5.74) is 0. The smallest absolute Gasteiger partial charge is 0.317 e. The van der Waals surface area contributed by atoms with Gasteiger partial charge in [0.05, 0.1) is 6.54 Å². The maximum Gasteiger partial charge on any atom is 0.317 e. The van der Waals surface area contributed by atoms with Gasteiger partial charge in [-0.25, -0.2) is 0 Å². The Morgan fingerprint density at radius 1 is 1.17 bits per heavy atom. The number of carbonyl (C=O) groups excluding carboxylic acids is 1. The van der Waals surface area contributed by atoms with E-state index in [0.717, 1.165) is 44.1 Å². The van der Waals surface area contributed by atoms with Crippen LogP contribution < -0.4 is 5.32 Å². The number of hydrogen-bond donors (Lipinski definition) is 2. The van der Waals surface area contributed by atoms with Crippen molar-refractivity contribution in [2.24, 2.45) is 17.8 Å². The monoisotopic (exact) mass is 324 g/mol. The molecule has 0 radical (unpaired) electrons. The van der Waals surface area contributed by atoms with Gasteiger partial charge >= 0.3 is 5.97 Å². The van der Waals surface area contributed by atoms with Crippen molar-refractivity contribution in [3.63, 3.8) is 0 Å². The first-order valence-corrected chi connectivity index (χ1v) is 9.16. The lowest BCUT2D eigenvalue weighted by Gasteiger charge is -2.43. The van der Waals surface area contributed by atoms with Crippen LogP contribution in [0, 0.1) is 17.8 Å². The predicted molar refractivity (Wildman–Crippen MR) is 90.1 cm³/mol. The minimum Gasteiger partial charge on any atom is -0.480 e. The van der Waals surface area contributed by atoms with E-state index in [-0.39, 0.29) is 24.4 Å². The fourth-order valence-corrected chi connectivity index (χ4v) is 4.04. The molecule has 0 aromatic heterocycles. The highest BCUT2D eigenvalue weighted by Crippen LogP contribution is 2.34. The molecule has 23 heavy (non-hydrogen) atoms. The number of carboxylic acid groups (broad SMARTS) is 1. The Morgan fingerprint density at radius 2 is 1.78 bits per heavy atom. The van der Waals surface area contributed by atoms with Crippen LogP contribution in [0.2, 0.25) is 0 Å². The summed E-state index contributed by atoms with van der Waals surface area (Å²) in [5, 5.41) is 12.1. The molecule has 0 atom stereocenters. The second-order valence-corrected chi connectivity index (χ2v) is 7.64. The first-order chi connectivity index (χ1) is 10.9. The Morgan fingerprint density at radius 3 is 2.26 bits per heavy atom. The molecule has 0 heterocycles. The second kappa shape index (κ2) is 8.13. The standard InChI is InChI=1S/C18H32N2O3/c1-4-20(11-17(21)22)16-9-15(10-16)19-18(23)14-7-5-13(6-8-14)12(2)3/h12-16H,4-11H2,1-3H3,(H,19,23)(H,21,22). The normalized spacial score (nSPS) is 31.0. The molecule has 2 fully saturated rings. The van der Waals surface area contributed by atoms with E-state index < -0.39 is 5.97 Å². The maximum absolute atomic E-state index is 12.4. The highest BCUT2D eigenvalue weighted by Gasteiger charge is 2.36. The third kappa shape index (κ3) is 4.93.